The standard InChI is InChI=1S/C19H18ClNO/c1-12-4-5-13(2)17(10-12)21-18(22)11-14(3)19(21)15-6-8-16(20)9-7-15/h4-11,19H,1-3H3/t19-/m1/s1. The molecule has 0 spiro atoms. The van der Waals surface area contributed by atoms with Gasteiger partial charge in [0.15, 0.2) is 0 Å². The van der Waals surface area contributed by atoms with Crippen molar-refractivity contribution in [1.82, 2.24) is 0 Å². The molecule has 0 bridgehead atoms. The first-order valence-electron chi connectivity index (χ1n) is 7.31. The smallest absolute Gasteiger partial charge is 0.251 e. The minimum absolute atomic E-state index is 0.0335. The molecule has 0 saturated carbocycles. The molecular weight excluding hydrogens is 294 g/mol. The van der Waals surface area contributed by atoms with Gasteiger partial charge in [0.1, 0.15) is 0 Å². The van der Waals surface area contributed by atoms with E-state index < -0.39 is 0 Å². The zero-order valence-electron chi connectivity index (χ0n) is 12.9. The highest BCUT2D eigenvalue weighted by molar-refractivity contribution is 6.30. The predicted octanol–water partition coefficient (Wildman–Crippen LogP) is 4.99. The molecule has 0 saturated heterocycles. The Kier molecular flexibility index (Phi) is 3.79. The van der Waals surface area contributed by atoms with Crippen LogP contribution in [0.3, 0.4) is 0 Å². The molecule has 1 aliphatic rings. The second kappa shape index (κ2) is 5.62. The Morgan fingerprint density at radius 1 is 1.00 bits per heavy atom. The van der Waals surface area contributed by atoms with Gasteiger partial charge < -0.3 is 0 Å². The third-order valence-electron chi connectivity index (χ3n) is 4.09. The van der Waals surface area contributed by atoms with E-state index in [9.17, 15) is 4.79 Å². The largest absolute Gasteiger partial charge is 0.297 e. The van der Waals surface area contributed by atoms with Crippen LogP contribution >= 0.6 is 11.6 Å². The fourth-order valence-corrected chi connectivity index (χ4v) is 3.09. The summed E-state index contributed by atoms with van der Waals surface area (Å²) in [5.74, 6) is 0.0335. The van der Waals surface area contributed by atoms with Gasteiger partial charge in [-0.2, -0.15) is 0 Å². The first kappa shape index (κ1) is 14.9. The zero-order chi connectivity index (χ0) is 15.9. The highest BCUT2D eigenvalue weighted by atomic mass is 35.5. The number of benzene rings is 2. The van der Waals surface area contributed by atoms with Crippen molar-refractivity contribution < 1.29 is 4.79 Å². The van der Waals surface area contributed by atoms with Crippen molar-refractivity contribution in [2.75, 3.05) is 4.90 Å². The Labute approximate surface area is 136 Å². The van der Waals surface area contributed by atoms with Crippen molar-refractivity contribution in [3.8, 4) is 0 Å². The van der Waals surface area contributed by atoms with Crippen LogP contribution in [0.1, 0.15) is 29.7 Å². The molecule has 112 valence electrons. The number of carbonyl (C=O) groups excluding carboxylic acids is 1. The van der Waals surface area contributed by atoms with E-state index in [0.717, 1.165) is 28.0 Å². The van der Waals surface area contributed by atoms with Gasteiger partial charge in [-0.3, -0.25) is 9.69 Å². The Balaban J connectivity index is 2.10. The summed E-state index contributed by atoms with van der Waals surface area (Å²) in [5.41, 5.74) is 5.34. The van der Waals surface area contributed by atoms with Crippen LogP contribution in [0.4, 0.5) is 5.69 Å². The molecule has 0 N–H and O–H groups in total. The lowest BCUT2D eigenvalue weighted by molar-refractivity contribution is -0.113. The van der Waals surface area contributed by atoms with E-state index in [0.29, 0.717) is 5.02 Å². The maximum absolute atomic E-state index is 12.5. The lowest BCUT2D eigenvalue weighted by Gasteiger charge is -2.28. The molecule has 0 unspecified atom stereocenters. The molecule has 2 nitrogen and oxygen atoms in total. The molecule has 1 aliphatic heterocycles. The van der Waals surface area contributed by atoms with Crippen LogP contribution in [0.2, 0.25) is 5.02 Å². The van der Waals surface area contributed by atoms with Crippen LogP contribution in [0.15, 0.2) is 54.1 Å². The quantitative estimate of drug-likeness (QED) is 0.765. The SMILES string of the molecule is CC1=CC(=O)N(c2cc(C)ccc2C)[C@H]1c1ccc(Cl)cc1. The van der Waals surface area contributed by atoms with Gasteiger partial charge in [-0.1, -0.05) is 35.9 Å². The average molecular weight is 312 g/mol. The number of rotatable bonds is 2. The summed E-state index contributed by atoms with van der Waals surface area (Å²) in [4.78, 5) is 14.4. The molecule has 0 aromatic heterocycles. The van der Waals surface area contributed by atoms with Crippen LogP contribution in [0.5, 0.6) is 0 Å². The maximum atomic E-state index is 12.5. The van der Waals surface area contributed by atoms with Crippen molar-refractivity contribution in [3.05, 3.63) is 75.8 Å². The molecule has 0 aliphatic carbocycles. The summed E-state index contributed by atoms with van der Waals surface area (Å²) in [6.07, 6.45) is 1.72. The molecular formula is C19H18ClNO. The zero-order valence-corrected chi connectivity index (χ0v) is 13.7. The van der Waals surface area contributed by atoms with Gasteiger partial charge in [0.2, 0.25) is 0 Å². The fourth-order valence-electron chi connectivity index (χ4n) is 2.97. The first-order valence-corrected chi connectivity index (χ1v) is 7.69. The number of nitrogens with zero attached hydrogens (tertiary/aromatic N) is 1. The maximum Gasteiger partial charge on any atom is 0.251 e. The van der Waals surface area contributed by atoms with Gasteiger partial charge in [-0.15, -0.1) is 0 Å². The Morgan fingerprint density at radius 2 is 1.68 bits per heavy atom. The van der Waals surface area contributed by atoms with Gasteiger partial charge in [0, 0.05) is 16.8 Å². The monoisotopic (exact) mass is 311 g/mol. The Bertz CT molecular complexity index is 762. The van der Waals surface area contributed by atoms with Crippen molar-refractivity contribution in [2.45, 2.75) is 26.8 Å². The second-order valence-electron chi connectivity index (χ2n) is 5.84. The molecule has 1 atom stereocenters. The fraction of sp³-hybridized carbons (Fsp3) is 0.211. The summed E-state index contributed by atoms with van der Waals surface area (Å²) in [5, 5.41) is 0.702. The number of aryl methyl sites for hydroxylation is 2. The topological polar surface area (TPSA) is 20.3 Å². The van der Waals surface area contributed by atoms with E-state index in [1.54, 1.807) is 6.08 Å². The molecule has 2 aromatic rings. The summed E-state index contributed by atoms with van der Waals surface area (Å²) >= 11 is 5.99. The molecule has 3 rings (SSSR count). The van der Waals surface area contributed by atoms with Crippen LogP contribution in [0, 0.1) is 13.8 Å². The number of halogens is 1. The molecule has 1 amide bonds. The van der Waals surface area contributed by atoms with Gasteiger partial charge in [-0.25, -0.2) is 0 Å². The van der Waals surface area contributed by atoms with Gasteiger partial charge in [0.05, 0.1) is 6.04 Å². The van der Waals surface area contributed by atoms with Crippen molar-refractivity contribution in [1.29, 1.82) is 0 Å². The van der Waals surface area contributed by atoms with Gasteiger partial charge in [0.25, 0.3) is 5.91 Å². The molecule has 3 heteroatoms. The summed E-state index contributed by atoms with van der Waals surface area (Å²) in [7, 11) is 0. The Morgan fingerprint density at radius 3 is 2.36 bits per heavy atom. The van der Waals surface area contributed by atoms with Crippen LogP contribution in [-0.2, 0) is 4.79 Å². The summed E-state index contributed by atoms with van der Waals surface area (Å²) in [6, 6.07) is 13.8. The van der Waals surface area contributed by atoms with Crippen molar-refractivity contribution in [2.24, 2.45) is 0 Å². The third-order valence-corrected chi connectivity index (χ3v) is 4.34. The van der Waals surface area contributed by atoms with E-state index in [4.69, 9.17) is 11.6 Å². The molecule has 2 aromatic carbocycles. The minimum atomic E-state index is -0.0646. The van der Waals surface area contributed by atoms with Crippen molar-refractivity contribution >= 4 is 23.2 Å². The lowest BCUT2D eigenvalue weighted by atomic mass is 9.99. The second-order valence-corrected chi connectivity index (χ2v) is 6.28. The number of hydrogen-bond acceptors (Lipinski definition) is 1. The van der Waals surface area contributed by atoms with E-state index in [2.05, 4.69) is 18.2 Å². The highest BCUT2D eigenvalue weighted by Gasteiger charge is 2.33. The number of hydrogen-bond donors (Lipinski definition) is 0. The highest BCUT2D eigenvalue weighted by Crippen LogP contribution is 2.39. The number of amides is 1. The van der Waals surface area contributed by atoms with E-state index in [1.165, 1.54) is 0 Å². The van der Waals surface area contributed by atoms with Crippen molar-refractivity contribution in [3.63, 3.8) is 0 Å². The van der Waals surface area contributed by atoms with Crippen LogP contribution in [-0.4, -0.2) is 5.91 Å². The third kappa shape index (κ3) is 2.55. The summed E-state index contributed by atoms with van der Waals surface area (Å²) < 4.78 is 0. The van der Waals surface area contributed by atoms with Gasteiger partial charge >= 0.3 is 0 Å². The lowest BCUT2D eigenvalue weighted by Crippen LogP contribution is -2.29. The minimum Gasteiger partial charge on any atom is -0.297 e. The van der Waals surface area contributed by atoms with Crippen LogP contribution < -0.4 is 4.90 Å². The number of carbonyl (C=O) groups is 1. The summed E-state index contributed by atoms with van der Waals surface area (Å²) in [6.45, 7) is 6.08. The average Bonchev–Trinajstić information content (AvgIpc) is 2.77. The van der Waals surface area contributed by atoms with Gasteiger partial charge in [-0.05, 0) is 61.2 Å². The van der Waals surface area contributed by atoms with E-state index in [1.807, 2.05) is 49.9 Å². The van der Waals surface area contributed by atoms with Crippen LogP contribution in [0.25, 0.3) is 0 Å². The van der Waals surface area contributed by atoms with E-state index in [-0.39, 0.29) is 11.9 Å². The normalized spacial score (nSPS) is 17.8. The first-order chi connectivity index (χ1) is 10.5. The molecule has 0 radical (unpaired) electrons. The number of anilines is 1. The Hall–Kier alpha value is -2.06. The van der Waals surface area contributed by atoms with E-state index >= 15 is 0 Å². The molecule has 0 fully saturated rings. The predicted molar refractivity (Wildman–Crippen MR) is 91.4 cm³/mol. The molecule has 1 heterocycles. The molecule has 22 heavy (non-hydrogen) atoms.